The third kappa shape index (κ3) is 3.72. The van der Waals surface area contributed by atoms with Crippen molar-refractivity contribution in [3.8, 4) is 5.69 Å². The predicted octanol–water partition coefficient (Wildman–Crippen LogP) is 2.20. The van der Waals surface area contributed by atoms with Crippen molar-refractivity contribution in [1.29, 1.82) is 0 Å². The molecule has 0 aliphatic carbocycles. The molecule has 1 aliphatic rings. The third-order valence-corrected chi connectivity index (χ3v) is 4.79. The average Bonchev–Trinajstić information content (AvgIpc) is 3.20. The Kier molecular flexibility index (Phi) is 4.82. The topological polar surface area (TPSA) is 118 Å². The van der Waals surface area contributed by atoms with Gasteiger partial charge in [0.1, 0.15) is 0 Å². The van der Waals surface area contributed by atoms with Crippen LogP contribution in [0.25, 0.3) is 5.69 Å². The molecule has 0 bridgehead atoms. The highest BCUT2D eigenvalue weighted by atomic mass is 16.6. The Hall–Kier alpha value is -3.95. The molecule has 0 atom stereocenters. The van der Waals surface area contributed by atoms with Crippen molar-refractivity contribution in [3.05, 3.63) is 70.4 Å². The van der Waals surface area contributed by atoms with Gasteiger partial charge in [0.2, 0.25) is 5.69 Å². The van der Waals surface area contributed by atoms with Crippen molar-refractivity contribution >= 4 is 23.2 Å². The second-order valence-electron chi connectivity index (χ2n) is 6.55. The number of piperazine rings is 1. The van der Waals surface area contributed by atoms with Gasteiger partial charge >= 0.3 is 5.97 Å². The second kappa shape index (κ2) is 7.58. The van der Waals surface area contributed by atoms with Gasteiger partial charge in [0, 0.05) is 44.0 Å². The molecule has 0 radical (unpaired) electrons. The number of non-ortho nitro benzene ring substituents is 1. The number of carbonyl (C=O) groups is 1. The Balaban J connectivity index is 1.56. The van der Waals surface area contributed by atoms with Crippen molar-refractivity contribution in [2.75, 3.05) is 36.0 Å². The zero-order valence-corrected chi connectivity index (χ0v) is 15.4. The van der Waals surface area contributed by atoms with E-state index in [1.165, 1.54) is 29.1 Å². The molecule has 2 aromatic carbocycles. The maximum Gasteiger partial charge on any atom is 0.360 e. The number of carboxylic acid groups (broad SMARTS) is 1. The van der Waals surface area contributed by atoms with Crippen LogP contribution in [-0.4, -0.2) is 57.2 Å². The number of nitro groups is 1. The molecule has 3 aromatic rings. The summed E-state index contributed by atoms with van der Waals surface area (Å²) in [6, 6.07) is 15.7. The number of anilines is 2. The molecule has 10 nitrogen and oxygen atoms in total. The molecule has 4 rings (SSSR count). The number of nitro benzene ring substituents is 1. The number of carboxylic acids is 1. The first-order valence-corrected chi connectivity index (χ1v) is 9.03. The van der Waals surface area contributed by atoms with Crippen molar-refractivity contribution in [2.45, 2.75) is 0 Å². The van der Waals surface area contributed by atoms with E-state index in [0.29, 0.717) is 24.6 Å². The SMILES string of the molecule is O=C(O)c1nn(-c2ccc([N+](=O)[O-])cc2)nc1N1CCN(c2ccccc2)CC1. The fourth-order valence-corrected chi connectivity index (χ4v) is 3.29. The van der Waals surface area contributed by atoms with Gasteiger partial charge in [0.05, 0.1) is 10.6 Å². The number of aromatic carboxylic acids is 1. The van der Waals surface area contributed by atoms with Crippen molar-refractivity contribution in [3.63, 3.8) is 0 Å². The van der Waals surface area contributed by atoms with Gasteiger partial charge in [-0.05, 0) is 24.3 Å². The van der Waals surface area contributed by atoms with Crippen LogP contribution in [0.5, 0.6) is 0 Å². The minimum absolute atomic E-state index is 0.0587. The normalized spacial score (nSPS) is 14.1. The molecule has 148 valence electrons. The molecule has 1 fully saturated rings. The molecular formula is C19H18N6O4. The summed E-state index contributed by atoms with van der Waals surface area (Å²) < 4.78 is 0. The van der Waals surface area contributed by atoms with Crippen molar-refractivity contribution in [1.82, 2.24) is 15.0 Å². The van der Waals surface area contributed by atoms with E-state index < -0.39 is 10.9 Å². The molecule has 0 amide bonds. The number of benzene rings is 2. The lowest BCUT2D eigenvalue weighted by Gasteiger charge is -2.36. The smallest absolute Gasteiger partial charge is 0.360 e. The molecule has 1 N–H and O–H groups in total. The summed E-state index contributed by atoms with van der Waals surface area (Å²) in [5, 5.41) is 28.8. The Labute approximate surface area is 165 Å². The highest BCUT2D eigenvalue weighted by Gasteiger charge is 2.27. The maximum absolute atomic E-state index is 11.7. The van der Waals surface area contributed by atoms with Crippen LogP contribution >= 0.6 is 0 Å². The largest absolute Gasteiger partial charge is 0.476 e. The van der Waals surface area contributed by atoms with Gasteiger partial charge in [-0.2, -0.15) is 0 Å². The van der Waals surface area contributed by atoms with Gasteiger partial charge in [-0.25, -0.2) is 4.79 Å². The molecular weight excluding hydrogens is 376 g/mol. The van der Waals surface area contributed by atoms with E-state index in [1.807, 2.05) is 35.2 Å². The van der Waals surface area contributed by atoms with Gasteiger partial charge in [0.15, 0.2) is 5.82 Å². The fourth-order valence-electron chi connectivity index (χ4n) is 3.29. The Morgan fingerprint density at radius 3 is 2.10 bits per heavy atom. The van der Waals surface area contributed by atoms with Crippen LogP contribution < -0.4 is 9.80 Å². The van der Waals surface area contributed by atoms with E-state index in [1.54, 1.807) is 0 Å². The average molecular weight is 394 g/mol. The first kappa shape index (κ1) is 18.4. The summed E-state index contributed by atoms with van der Waals surface area (Å²) in [4.78, 5) is 27.3. The van der Waals surface area contributed by atoms with Gasteiger partial charge in [-0.1, -0.05) is 18.2 Å². The molecule has 0 saturated carbocycles. The first-order valence-electron chi connectivity index (χ1n) is 9.03. The lowest BCUT2D eigenvalue weighted by atomic mass is 10.2. The number of hydrogen-bond donors (Lipinski definition) is 1. The summed E-state index contributed by atoms with van der Waals surface area (Å²) in [5.74, 6) is -0.873. The third-order valence-electron chi connectivity index (χ3n) is 4.79. The van der Waals surface area contributed by atoms with Crippen LogP contribution in [0.1, 0.15) is 10.5 Å². The lowest BCUT2D eigenvalue weighted by Crippen LogP contribution is -2.47. The lowest BCUT2D eigenvalue weighted by molar-refractivity contribution is -0.384. The zero-order chi connectivity index (χ0) is 20.4. The molecule has 10 heteroatoms. The van der Waals surface area contributed by atoms with Crippen LogP contribution in [0.15, 0.2) is 54.6 Å². The molecule has 1 aromatic heterocycles. The van der Waals surface area contributed by atoms with Crippen LogP contribution in [0.2, 0.25) is 0 Å². The number of nitrogens with zero attached hydrogens (tertiary/aromatic N) is 6. The summed E-state index contributed by atoms with van der Waals surface area (Å²) >= 11 is 0. The minimum Gasteiger partial charge on any atom is -0.476 e. The predicted molar refractivity (Wildman–Crippen MR) is 106 cm³/mol. The molecule has 1 aliphatic heterocycles. The van der Waals surface area contributed by atoms with E-state index >= 15 is 0 Å². The molecule has 29 heavy (non-hydrogen) atoms. The van der Waals surface area contributed by atoms with Crippen LogP contribution in [0, 0.1) is 10.1 Å². The van der Waals surface area contributed by atoms with Gasteiger partial charge < -0.3 is 14.9 Å². The summed E-state index contributed by atoms with van der Waals surface area (Å²) in [6.45, 7) is 2.67. The number of aromatic nitrogens is 3. The van der Waals surface area contributed by atoms with Crippen molar-refractivity contribution < 1.29 is 14.8 Å². The first-order chi connectivity index (χ1) is 14.0. The van der Waals surface area contributed by atoms with Gasteiger partial charge in [0.25, 0.3) is 5.69 Å². The van der Waals surface area contributed by atoms with Crippen molar-refractivity contribution in [2.24, 2.45) is 0 Å². The highest BCUT2D eigenvalue weighted by molar-refractivity contribution is 5.91. The Bertz CT molecular complexity index is 1030. The van der Waals surface area contributed by atoms with E-state index in [0.717, 1.165) is 18.8 Å². The molecule has 0 spiro atoms. The standard InChI is InChI=1S/C19H18N6O4/c26-19(27)17-18(21-24(20-17)15-6-8-16(9-7-15)25(28)29)23-12-10-22(11-13-23)14-4-2-1-3-5-14/h1-9H,10-13H2,(H,26,27). The monoisotopic (exact) mass is 394 g/mol. The van der Waals surface area contributed by atoms with Crippen LogP contribution in [0.4, 0.5) is 17.2 Å². The highest BCUT2D eigenvalue weighted by Crippen LogP contribution is 2.23. The number of rotatable bonds is 5. The van der Waals surface area contributed by atoms with E-state index in [9.17, 15) is 20.0 Å². The van der Waals surface area contributed by atoms with Crippen LogP contribution in [-0.2, 0) is 0 Å². The summed E-state index contributed by atoms with van der Waals surface area (Å²) in [6.07, 6.45) is 0. The van der Waals surface area contributed by atoms with E-state index in [4.69, 9.17) is 0 Å². The molecule has 0 unspecified atom stereocenters. The number of para-hydroxylation sites is 1. The quantitative estimate of drug-likeness (QED) is 0.517. The van der Waals surface area contributed by atoms with E-state index in [-0.39, 0.29) is 11.4 Å². The minimum atomic E-state index is -1.17. The fraction of sp³-hybridized carbons (Fsp3) is 0.211. The maximum atomic E-state index is 11.7. The second-order valence-corrected chi connectivity index (χ2v) is 6.55. The Morgan fingerprint density at radius 1 is 0.897 bits per heavy atom. The summed E-state index contributed by atoms with van der Waals surface area (Å²) in [5.41, 5.74) is 1.38. The Morgan fingerprint density at radius 2 is 1.52 bits per heavy atom. The van der Waals surface area contributed by atoms with E-state index in [2.05, 4.69) is 15.1 Å². The number of hydrogen-bond acceptors (Lipinski definition) is 7. The van der Waals surface area contributed by atoms with Gasteiger partial charge in [-0.3, -0.25) is 10.1 Å². The molecule has 1 saturated heterocycles. The van der Waals surface area contributed by atoms with Gasteiger partial charge in [-0.15, -0.1) is 15.0 Å². The molecule has 2 heterocycles. The zero-order valence-electron chi connectivity index (χ0n) is 15.4. The van der Waals surface area contributed by atoms with Crippen LogP contribution in [0.3, 0.4) is 0 Å². The summed E-state index contributed by atoms with van der Waals surface area (Å²) in [7, 11) is 0.